The van der Waals surface area contributed by atoms with Crippen LogP contribution in [0.1, 0.15) is 28.2 Å². The molecular formula is C22H20ClN3O. The molecule has 0 N–H and O–H groups in total. The van der Waals surface area contributed by atoms with E-state index >= 15 is 0 Å². The number of aryl methyl sites for hydroxylation is 1. The van der Waals surface area contributed by atoms with Gasteiger partial charge in [-0.25, -0.2) is 0 Å². The number of fused-ring (bicyclic) bond motifs is 1. The molecule has 1 amide bonds. The molecule has 2 aromatic carbocycles. The van der Waals surface area contributed by atoms with Gasteiger partial charge in [-0.1, -0.05) is 54.1 Å². The minimum Gasteiger partial charge on any atom is -0.334 e. The van der Waals surface area contributed by atoms with Crippen LogP contribution in [0.2, 0.25) is 5.02 Å². The summed E-state index contributed by atoms with van der Waals surface area (Å²) in [6.45, 7) is 1.24. The van der Waals surface area contributed by atoms with E-state index in [1.807, 2.05) is 54.7 Å². The normalized spacial score (nSPS) is 16.5. The Hall–Kier alpha value is -2.85. The molecule has 4 nitrogen and oxygen atoms in total. The Balaban J connectivity index is 1.61. The predicted molar refractivity (Wildman–Crippen MR) is 107 cm³/mol. The van der Waals surface area contributed by atoms with Crippen molar-refractivity contribution in [3.63, 3.8) is 0 Å². The fourth-order valence-electron chi connectivity index (χ4n) is 3.56. The second-order valence-electron chi connectivity index (χ2n) is 6.77. The molecule has 0 spiro atoms. The molecule has 0 saturated carbocycles. The molecule has 0 radical (unpaired) electrons. The summed E-state index contributed by atoms with van der Waals surface area (Å²) in [6, 6.07) is 15.8. The molecule has 1 aliphatic rings. The van der Waals surface area contributed by atoms with Gasteiger partial charge in [0, 0.05) is 43.4 Å². The number of hydrogen-bond acceptors (Lipinski definition) is 2. The molecule has 1 unspecified atom stereocenters. The number of halogens is 1. The third kappa shape index (κ3) is 3.67. The summed E-state index contributed by atoms with van der Waals surface area (Å²) >= 11 is 6.18. The van der Waals surface area contributed by atoms with Gasteiger partial charge in [-0.3, -0.25) is 9.48 Å². The van der Waals surface area contributed by atoms with Crippen molar-refractivity contribution in [3.05, 3.63) is 94.3 Å². The second-order valence-corrected chi connectivity index (χ2v) is 7.18. The maximum Gasteiger partial charge on any atom is 0.246 e. The number of carbonyl (C=O) groups excluding carboxylic acids is 1. The number of nitrogens with zero attached hydrogens (tertiary/aromatic N) is 3. The molecule has 2 heterocycles. The molecule has 27 heavy (non-hydrogen) atoms. The van der Waals surface area contributed by atoms with Gasteiger partial charge in [-0.15, -0.1) is 0 Å². The highest BCUT2D eigenvalue weighted by Crippen LogP contribution is 2.33. The molecule has 0 aliphatic carbocycles. The topological polar surface area (TPSA) is 38.1 Å². The number of amides is 1. The van der Waals surface area contributed by atoms with Gasteiger partial charge in [0.1, 0.15) is 0 Å². The minimum absolute atomic E-state index is 0.0155. The number of rotatable bonds is 3. The maximum atomic E-state index is 12.8. The maximum absolute atomic E-state index is 12.8. The molecule has 1 aliphatic heterocycles. The standard InChI is InChI=1S/C22H20ClN3O/c1-25-13-18(12-24-25)20-15-26(14-17-7-2-4-8-19(17)20)22(27)11-10-16-6-3-5-9-21(16)23/h2-13,20H,14-15H2,1H3/b11-10+. The van der Waals surface area contributed by atoms with Crippen LogP contribution in [-0.2, 0) is 18.4 Å². The zero-order chi connectivity index (χ0) is 18.8. The van der Waals surface area contributed by atoms with Crippen molar-refractivity contribution in [1.82, 2.24) is 14.7 Å². The lowest BCUT2D eigenvalue weighted by Gasteiger charge is -2.34. The summed E-state index contributed by atoms with van der Waals surface area (Å²) in [5.41, 5.74) is 4.41. The zero-order valence-corrected chi connectivity index (χ0v) is 15.8. The van der Waals surface area contributed by atoms with Gasteiger partial charge >= 0.3 is 0 Å². The van der Waals surface area contributed by atoms with Gasteiger partial charge < -0.3 is 4.90 Å². The van der Waals surface area contributed by atoms with E-state index in [1.54, 1.807) is 16.8 Å². The van der Waals surface area contributed by atoms with Crippen molar-refractivity contribution < 1.29 is 4.79 Å². The average molecular weight is 378 g/mol. The van der Waals surface area contributed by atoms with E-state index in [2.05, 4.69) is 23.3 Å². The van der Waals surface area contributed by atoms with E-state index in [9.17, 15) is 4.79 Å². The van der Waals surface area contributed by atoms with Crippen molar-refractivity contribution in [2.24, 2.45) is 7.05 Å². The Labute approximate surface area is 163 Å². The highest BCUT2D eigenvalue weighted by molar-refractivity contribution is 6.32. The Morgan fingerprint density at radius 3 is 2.74 bits per heavy atom. The van der Waals surface area contributed by atoms with E-state index in [0.717, 1.165) is 11.1 Å². The van der Waals surface area contributed by atoms with Crippen LogP contribution >= 0.6 is 11.6 Å². The Morgan fingerprint density at radius 1 is 1.19 bits per heavy atom. The summed E-state index contributed by atoms with van der Waals surface area (Å²) < 4.78 is 1.80. The summed E-state index contributed by atoms with van der Waals surface area (Å²) in [5, 5.41) is 4.94. The van der Waals surface area contributed by atoms with Crippen molar-refractivity contribution >= 4 is 23.6 Å². The minimum atomic E-state index is -0.0155. The molecule has 0 bridgehead atoms. The largest absolute Gasteiger partial charge is 0.334 e. The van der Waals surface area contributed by atoms with E-state index < -0.39 is 0 Å². The number of aromatic nitrogens is 2. The smallest absolute Gasteiger partial charge is 0.246 e. The van der Waals surface area contributed by atoms with Crippen LogP contribution in [-0.4, -0.2) is 27.1 Å². The number of benzene rings is 2. The molecule has 1 aromatic heterocycles. The highest BCUT2D eigenvalue weighted by atomic mass is 35.5. The fourth-order valence-corrected chi connectivity index (χ4v) is 3.76. The van der Waals surface area contributed by atoms with E-state index in [-0.39, 0.29) is 11.8 Å². The quantitative estimate of drug-likeness (QED) is 0.639. The number of carbonyl (C=O) groups is 1. The lowest BCUT2D eigenvalue weighted by molar-refractivity contribution is -0.127. The summed E-state index contributed by atoms with van der Waals surface area (Å²) in [7, 11) is 1.91. The fraction of sp³-hybridized carbons (Fsp3) is 0.182. The van der Waals surface area contributed by atoms with Crippen molar-refractivity contribution in [2.45, 2.75) is 12.5 Å². The molecule has 4 rings (SSSR count). The Bertz CT molecular complexity index is 1010. The first-order valence-corrected chi connectivity index (χ1v) is 9.27. The lowest BCUT2D eigenvalue weighted by atomic mass is 9.86. The monoisotopic (exact) mass is 377 g/mol. The molecular weight excluding hydrogens is 358 g/mol. The van der Waals surface area contributed by atoms with Gasteiger partial charge in [0.25, 0.3) is 0 Å². The Kier molecular flexibility index (Phi) is 4.82. The molecule has 0 fully saturated rings. The van der Waals surface area contributed by atoms with Crippen molar-refractivity contribution in [1.29, 1.82) is 0 Å². The first-order chi connectivity index (χ1) is 13.1. The van der Waals surface area contributed by atoms with Crippen LogP contribution < -0.4 is 0 Å². The summed E-state index contributed by atoms with van der Waals surface area (Å²) in [5.74, 6) is 0.111. The lowest BCUT2D eigenvalue weighted by Crippen LogP contribution is -2.37. The van der Waals surface area contributed by atoms with Gasteiger partial charge in [0.2, 0.25) is 5.91 Å². The zero-order valence-electron chi connectivity index (χ0n) is 15.0. The molecule has 1 atom stereocenters. The van der Waals surface area contributed by atoms with E-state index in [0.29, 0.717) is 18.1 Å². The first kappa shape index (κ1) is 17.6. The summed E-state index contributed by atoms with van der Waals surface area (Å²) in [4.78, 5) is 14.7. The highest BCUT2D eigenvalue weighted by Gasteiger charge is 2.28. The van der Waals surface area contributed by atoms with Gasteiger partial charge in [0.15, 0.2) is 0 Å². The third-order valence-corrected chi connectivity index (χ3v) is 5.29. The second kappa shape index (κ2) is 7.41. The van der Waals surface area contributed by atoms with Gasteiger partial charge in [0.05, 0.1) is 6.20 Å². The van der Waals surface area contributed by atoms with Gasteiger partial charge in [-0.2, -0.15) is 5.10 Å². The molecule has 3 aromatic rings. The van der Waals surface area contributed by atoms with Crippen LogP contribution in [0, 0.1) is 0 Å². The van der Waals surface area contributed by atoms with Gasteiger partial charge in [-0.05, 0) is 34.4 Å². The van der Waals surface area contributed by atoms with Crippen LogP contribution in [0.3, 0.4) is 0 Å². The molecule has 136 valence electrons. The predicted octanol–water partition coefficient (Wildman–Crippen LogP) is 4.26. The molecule has 0 saturated heterocycles. The van der Waals surface area contributed by atoms with Crippen LogP contribution in [0.25, 0.3) is 6.08 Å². The molecule has 5 heteroatoms. The van der Waals surface area contributed by atoms with Crippen molar-refractivity contribution in [3.8, 4) is 0 Å². The van der Waals surface area contributed by atoms with E-state index in [1.165, 1.54) is 11.1 Å². The van der Waals surface area contributed by atoms with E-state index in [4.69, 9.17) is 11.6 Å². The van der Waals surface area contributed by atoms with Crippen LogP contribution in [0.15, 0.2) is 67.0 Å². The SMILES string of the molecule is Cn1cc(C2CN(C(=O)/C=C/c3ccccc3Cl)Cc3ccccc32)cn1. The average Bonchev–Trinajstić information content (AvgIpc) is 3.12. The Morgan fingerprint density at radius 2 is 1.96 bits per heavy atom. The first-order valence-electron chi connectivity index (χ1n) is 8.89. The number of hydrogen-bond donors (Lipinski definition) is 0. The third-order valence-electron chi connectivity index (χ3n) is 4.94. The summed E-state index contributed by atoms with van der Waals surface area (Å²) in [6.07, 6.45) is 7.30. The van der Waals surface area contributed by atoms with Crippen molar-refractivity contribution in [2.75, 3.05) is 6.54 Å². The van der Waals surface area contributed by atoms with Crippen LogP contribution in [0.5, 0.6) is 0 Å². The van der Waals surface area contributed by atoms with Crippen LogP contribution in [0.4, 0.5) is 0 Å².